The van der Waals surface area contributed by atoms with Gasteiger partial charge in [-0.25, -0.2) is 0 Å². The second kappa shape index (κ2) is 16.0. The summed E-state index contributed by atoms with van der Waals surface area (Å²) in [5, 5.41) is 5.04. The van der Waals surface area contributed by atoms with Gasteiger partial charge in [-0.15, -0.1) is 11.3 Å². The third-order valence-electron chi connectivity index (χ3n) is 14.0. The molecule has 0 radical (unpaired) electrons. The fraction of sp³-hybridized carbons (Fsp3) is 0.0154. The van der Waals surface area contributed by atoms with E-state index in [1.165, 1.54) is 97.7 Å². The molecule has 0 spiro atoms. The molecule has 314 valence electrons. The number of anilines is 3. The van der Waals surface area contributed by atoms with Crippen molar-refractivity contribution in [2.75, 3.05) is 4.90 Å². The van der Waals surface area contributed by atoms with Crippen LogP contribution in [-0.2, 0) is 5.41 Å². The standard InChI is InChI=1S/C65H43NS/c1-3-22-49(23-4-1)65(50-24-5-2-6-25-50)58-31-12-9-28-55(58)56-41-38-46(43-59(56)65)44-36-39-51(40-37-44)66(61-33-17-35-63-64(61)57-29-11-14-34-62(57)67-63)60-32-13-10-27-54(60)48-21-15-20-47(42-48)53-30-16-19-45-18-7-8-26-52(45)53/h1-43H. The molecule has 13 rings (SSSR count). The van der Waals surface area contributed by atoms with E-state index in [-0.39, 0.29) is 0 Å². The number of thiophene rings is 1. The van der Waals surface area contributed by atoms with Gasteiger partial charge in [-0.2, -0.15) is 0 Å². The Hall–Kier alpha value is -8.30. The van der Waals surface area contributed by atoms with Gasteiger partial charge in [-0.3, -0.25) is 0 Å². The second-order valence-corrected chi connectivity index (χ2v) is 18.6. The molecule has 1 heterocycles. The number of rotatable bonds is 8. The average molecular weight is 870 g/mol. The van der Waals surface area contributed by atoms with Crippen LogP contribution in [-0.4, -0.2) is 0 Å². The van der Waals surface area contributed by atoms with Crippen molar-refractivity contribution in [1.82, 2.24) is 0 Å². The molecule has 0 saturated carbocycles. The first kappa shape index (κ1) is 39.1. The predicted molar refractivity (Wildman–Crippen MR) is 285 cm³/mol. The number of fused-ring (bicyclic) bond motifs is 7. The van der Waals surface area contributed by atoms with Crippen LogP contribution >= 0.6 is 11.3 Å². The van der Waals surface area contributed by atoms with E-state index >= 15 is 0 Å². The van der Waals surface area contributed by atoms with Crippen LogP contribution in [0.1, 0.15) is 22.3 Å². The number of benzene rings is 11. The molecule has 0 fully saturated rings. The van der Waals surface area contributed by atoms with Crippen LogP contribution in [0.5, 0.6) is 0 Å². The minimum Gasteiger partial charge on any atom is -0.309 e. The lowest BCUT2D eigenvalue weighted by Gasteiger charge is -2.34. The maximum Gasteiger partial charge on any atom is 0.0713 e. The summed E-state index contributed by atoms with van der Waals surface area (Å²) in [7, 11) is 0. The molecule has 0 amide bonds. The van der Waals surface area contributed by atoms with Crippen molar-refractivity contribution in [1.29, 1.82) is 0 Å². The number of para-hydroxylation sites is 1. The molecule has 0 aliphatic heterocycles. The molecule has 2 heteroatoms. The Labute approximate surface area is 395 Å². The normalized spacial score (nSPS) is 12.6. The number of nitrogens with zero attached hydrogens (tertiary/aromatic N) is 1. The van der Waals surface area contributed by atoms with Crippen molar-refractivity contribution < 1.29 is 0 Å². The highest BCUT2D eigenvalue weighted by molar-refractivity contribution is 7.26. The first-order valence-corrected chi connectivity index (χ1v) is 23.9. The zero-order valence-corrected chi connectivity index (χ0v) is 37.5. The van der Waals surface area contributed by atoms with Crippen molar-refractivity contribution in [2.45, 2.75) is 5.41 Å². The molecule has 11 aromatic carbocycles. The topological polar surface area (TPSA) is 3.24 Å². The van der Waals surface area contributed by atoms with Gasteiger partial charge in [0.25, 0.3) is 0 Å². The summed E-state index contributed by atoms with van der Waals surface area (Å²) in [6.45, 7) is 0. The minimum atomic E-state index is -0.461. The van der Waals surface area contributed by atoms with E-state index in [0.717, 1.165) is 17.1 Å². The van der Waals surface area contributed by atoms with Crippen molar-refractivity contribution in [3.05, 3.63) is 283 Å². The van der Waals surface area contributed by atoms with Crippen LogP contribution in [0.25, 0.3) is 75.5 Å². The zero-order chi connectivity index (χ0) is 44.3. The summed E-state index contributed by atoms with van der Waals surface area (Å²) in [6.07, 6.45) is 0. The number of hydrogen-bond donors (Lipinski definition) is 0. The quantitative estimate of drug-likeness (QED) is 0.147. The molecule has 0 atom stereocenters. The minimum absolute atomic E-state index is 0.461. The molecular formula is C65H43NS. The van der Waals surface area contributed by atoms with Gasteiger partial charge in [0, 0.05) is 31.4 Å². The molecule has 0 saturated heterocycles. The van der Waals surface area contributed by atoms with Gasteiger partial charge in [0.05, 0.1) is 16.8 Å². The molecular weight excluding hydrogens is 827 g/mol. The summed E-state index contributed by atoms with van der Waals surface area (Å²) in [4.78, 5) is 2.49. The van der Waals surface area contributed by atoms with E-state index in [1.807, 2.05) is 11.3 Å². The molecule has 0 unspecified atom stereocenters. The Kier molecular flexibility index (Phi) is 9.33. The first-order valence-electron chi connectivity index (χ1n) is 23.1. The van der Waals surface area contributed by atoms with E-state index in [4.69, 9.17) is 0 Å². The van der Waals surface area contributed by atoms with Gasteiger partial charge in [-0.1, -0.05) is 212 Å². The highest BCUT2D eigenvalue weighted by Gasteiger charge is 2.46. The average Bonchev–Trinajstić information content (AvgIpc) is 3.94. The lowest BCUT2D eigenvalue weighted by Crippen LogP contribution is -2.28. The zero-order valence-electron chi connectivity index (χ0n) is 36.7. The largest absolute Gasteiger partial charge is 0.309 e. The Morgan fingerprint density at radius 1 is 0.313 bits per heavy atom. The van der Waals surface area contributed by atoms with Gasteiger partial charge in [0.1, 0.15) is 0 Å². The summed E-state index contributed by atoms with van der Waals surface area (Å²) in [5.41, 5.74) is 17.8. The Morgan fingerprint density at radius 2 is 0.866 bits per heavy atom. The maximum absolute atomic E-state index is 2.49. The van der Waals surface area contributed by atoms with Crippen molar-refractivity contribution in [2.24, 2.45) is 0 Å². The monoisotopic (exact) mass is 869 g/mol. The highest BCUT2D eigenvalue weighted by atomic mass is 32.1. The summed E-state index contributed by atoms with van der Waals surface area (Å²) in [6, 6.07) is 96.3. The Bertz CT molecular complexity index is 3760. The second-order valence-electron chi connectivity index (χ2n) is 17.5. The molecule has 1 aromatic heterocycles. The maximum atomic E-state index is 2.49. The highest BCUT2D eigenvalue weighted by Crippen LogP contribution is 2.57. The summed E-state index contributed by atoms with van der Waals surface area (Å²) < 4.78 is 2.56. The van der Waals surface area contributed by atoms with Crippen LogP contribution in [0.4, 0.5) is 17.1 Å². The molecule has 0 bridgehead atoms. The Morgan fingerprint density at radius 3 is 1.67 bits per heavy atom. The predicted octanol–water partition coefficient (Wildman–Crippen LogP) is 18.0. The van der Waals surface area contributed by atoms with Gasteiger partial charge < -0.3 is 4.90 Å². The van der Waals surface area contributed by atoms with Gasteiger partial charge in [0.15, 0.2) is 0 Å². The molecule has 1 aliphatic carbocycles. The summed E-state index contributed by atoms with van der Waals surface area (Å²) >= 11 is 1.86. The van der Waals surface area contributed by atoms with Crippen LogP contribution in [0.2, 0.25) is 0 Å². The third-order valence-corrected chi connectivity index (χ3v) is 15.1. The van der Waals surface area contributed by atoms with E-state index in [2.05, 4.69) is 266 Å². The fourth-order valence-corrected chi connectivity index (χ4v) is 12.1. The van der Waals surface area contributed by atoms with E-state index in [9.17, 15) is 0 Å². The molecule has 12 aromatic rings. The smallest absolute Gasteiger partial charge is 0.0713 e. The Balaban J connectivity index is 0.978. The van der Waals surface area contributed by atoms with E-state index in [0.29, 0.717) is 0 Å². The molecule has 1 nitrogen and oxygen atoms in total. The fourth-order valence-electron chi connectivity index (χ4n) is 11.0. The van der Waals surface area contributed by atoms with Crippen molar-refractivity contribution in [3.8, 4) is 44.5 Å². The summed E-state index contributed by atoms with van der Waals surface area (Å²) in [5.74, 6) is 0. The lowest BCUT2D eigenvalue weighted by atomic mass is 9.67. The first-order chi connectivity index (χ1) is 33.2. The molecule has 1 aliphatic rings. The van der Waals surface area contributed by atoms with Crippen LogP contribution in [0.3, 0.4) is 0 Å². The van der Waals surface area contributed by atoms with Crippen molar-refractivity contribution >= 4 is 59.3 Å². The molecule has 67 heavy (non-hydrogen) atoms. The van der Waals surface area contributed by atoms with Crippen LogP contribution in [0.15, 0.2) is 261 Å². The van der Waals surface area contributed by atoms with Gasteiger partial charge in [0.2, 0.25) is 0 Å². The van der Waals surface area contributed by atoms with Crippen molar-refractivity contribution in [3.63, 3.8) is 0 Å². The number of hydrogen-bond acceptors (Lipinski definition) is 2. The van der Waals surface area contributed by atoms with Crippen LogP contribution < -0.4 is 4.90 Å². The third kappa shape index (κ3) is 6.29. The molecule has 0 N–H and O–H groups in total. The van der Waals surface area contributed by atoms with Gasteiger partial charge >= 0.3 is 0 Å². The van der Waals surface area contributed by atoms with Crippen LogP contribution in [0, 0.1) is 0 Å². The lowest BCUT2D eigenvalue weighted by molar-refractivity contribution is 0.769. The van der Waals surface area contributed by atoms with E-state index < -0.39 is 5.41 Å². The van der Waals surface area contributed by atoms with E-state index in [1.54, 1.807) is 0 Å². The SMILES string of the molecule is c1ccc(C2(c3ccccc3)c3ccccc3-c3ccc(-c4ccc(N(c5ccccc5-c5cccc(-c6cccc7ccccc67)c5)c5cccc6sc7ccccc7c56)cc4)cc32)cc1. The van der Waals surface area contributed by atoms with Gasteiger partial charge in [-0.05, 0) is 121 Å².